The van der Waals surface area contributed by atoms with Crippen LogP contribution in [0.3, 0.4) is 0 Å². The SMILES string of the molecule is O=C([O-])[O-].[Ca+2].[Ca+2].[Ca+2].[Ca+2]. The van der Waals surface area contributed by atoms with E-state index in [0.717, 1.165) is 0 Å². The zero-order valence-corrected chi connectivity index (χ0v) is 13.4. The van der Waals surface area contributed by atoms with Crippen molar-refractivity contribution in [1.29, 1.82) is 0 Å². The van der Waals surface area contributed by atoms with E-state index >= 15 is 0 Å². The van der Waals surface area contributed by atoms with E-state index in [1.165, 1.54) is 0 Å². The standard InChI is InChI=1S/CH2O3.4Ca/c2-1(3)4;;;;/h(H2,2,3,4);;;;/q;4*+2/p-2. The van der Waals surface area contributed by atoms with E-state index in [1.807, 2.05) is 0 Å². The molecular weight excluding hydrogens is 220 g/mol. The normalized spacial score (nSPS) is 3.00. The number of carboxylic acid groups (broad SMARTS) is 2. The molecule has 24 valence electrons. The van der Waals surface area contributed by atoms with Crippen LogP contribution in [0.1, 0.15) is 0 Å². The van der Waals surface area contributed by atoms with Crippen LogP contribution in [0.4, 0.5) is 4.79 Å². The molecule has 0 bridgehead atoms. The predicted molar refractivity (Wildman–Crippen MR) is 28.4 cm³/mol. The zero-order chi connectivity index (χ0) is 3.58. The van der Waals surface area contributed by atoms with Gasteiger partial charge in [-0.2, -0.15) is 0 Å². The van der Waals surface area contributed by atoms with Gasteiger partial charge in [0.25, 0.3) is 0 Å². The fourth-order valence-electron chi connectivity index (χ4n) is 0. The second-order valence-electron chi connectivity index (χ2n) is 0.250. The number of hydrogen-bond acceptors (Lipinski definition) is 3. The van der Waals surface area contributed by atoms with Crippen molar-refractivity contribution in [2.24, 2.45) is 0 Å². The Bertz CT molecular complexity index is 34.3. The van der Waals surface area contributed by atoms with Crippen molar-refractivity contribution in [3.63, 3.8) is 0 Å². The first-order valence-corrected chi connectivity index (χ1v) is 0.612. The molecule has 7 heteroatoms. The van der Waals surface area contributed by atoms with E-state index in [9.17, 15) is 0 Å². The smallest absolute Gasteiger partial charge is 0.652 e. The van der Waals surface area contributed by atoms with Gasteiger partial charge < -0.3 is 15.0 Å². The number of rotatable bonds is 0. The third-order valence-corrected chi connectivity index (χ3v) is 0. The first-order chi connectivity index (χ1) is 1.73. The Hall–Kier alpha value is 4.31. The molecule has 0 aromatic heterocycles. The molecule has 0 aromatic rings. The van der Waals surface area contributed by atoms with E-state index in [2.05, 4.69) is 0 Å². The van der Waals surface area contributed by atoms with Gasteiger partial charge in [0.1, 0.15) is 0 Å². The molecule has 8 heavy (non-hydrogen) atoms. The Morgan fingerprint density at radius 3 is 0.875 bits per heavy atom. The maximum Gasteiger partial charge on any atom is 2.00 e. The van der Waals surface area contributed by atoms with Gasteiger partial charge in [-0.05, 0) is 6.16 Å². The van der Waals surface area contributed by atoms with E-state index in [4.69, 9.17) is 15.0 Å². The van der Waals surface area contributed by atoms with Crippen LogP contribution in [0, 0.1) is 0 Å². The van der Waals surface area contributed by atoms with E-state index in [0.29, 0.717) is 0 Å². The zero-order valence-electron chi connectivity index (χ0n) is 4.55. The molecular formula is CCa4O3+6. The molecule has 3 nitrogen and oxygen atoms in total. The van der Waals surface area contributed by atoms with Crippen molar-refractivity contribution < 1.29 is 15.0 Å². The quantitative estimate of drug-likeness (QED) is 0.391. The van der Waals surface area contributed by atoms with Crippen LogP contribution in [0.15, 0.2) is 0 Å². The largest absolute Gasteiger partial charge is 2.00 e. The third-order valence-electron chi connectivity index (χ3n) is 0. The monoisotopic (exact) mass is 220 g/mol. The fraction of sp³-hybridized carbons (Fsp3) is 0. The van der Waals surface area contributed by atoms with Crippen molar-refractivity contribution in [1.82, 2.24) is 0 Å². The molecule has 0 rings (SSSR count). The van der Waals surface area contributed by atoms with E-state index in [1.54, 1.807) is 0 Å². The minimum Gasteiger partial charge on any atom is -0.652 e. The van der Waals surface area contributed by atoms with E-state index in [-0.39, 0.29) is 151 Å². The van der Waals surface area contributed by atoms with Gasteiger partial charge in [0.2, 0.25) is 0 Å². The molecule has 0 saturated carbocycles. The third kappa shape index (κ3) is 48.1. The van der Waals surface area contributed by atoms with Gasteiger partial charge in [-0.15, -0.1) is 0 Å². The van der Waals surface area contributed by atoms with Gasteiger partial charge in [-0.3, -0.25) is 0 Å². The Balaban J connectivity index is -0.00000000750. The van der Waals surface area contributed by atoms with Gasteiger partial charge >= 0.3 is 151 Å². The number of hydrogen-bond donors (Lipinski definition) is 0. The maximum absolute atomic E-state index is 8.33. The summed E-state index contributed by atoms with van der Waals surface area (Å²) in [5, 5.41) is 16.7. The van der Waals surface area contributed by atoms with Crippen molar-refractivity contribution in [3.05, 3.63) is 0 Å². The number of carbonyl (C=O) groups is 1. The van der Waals surface area contributed by atoms with Gasteiger partial charge in [-0.1, -0.05) is 0 Å². The summed E-state index contributed by atoms with van der Waals surface area (Å²) < 4.78 is 0. The predicted octanol–water partition coefficient (Wildman–Crippen LogP) is -3.97. The average Bonchev–Trinajstić information content (AvgIpc) is 0.811. The number of carbonyl (C=O) groups excluding carboxylic acids is 1. The maximum atomic E-state index is 8.33. The molecule has 0 atom stereocenters. The second-order valence-corrected chi connectivity index (χ2v) is 0.250. The van der Waals surface area contributed by atoms with Gasteiger partial charge in [0.15, 0.2) is 0 Å². The summed E-state index contributed by atoms with van der Waals surface area (Å²) in [6.45, 7) is 0. The minimum absolute atomic E-state index is 0. The van der Waals surface area contributed by atoms with Crippen LogP contribution < -0.4 is 10.2 Å². The Kier molecular flexibility index (Phi) is 82.9. The summed E-state index contributed by atoms with van der Waals surface area (Å²) in [5.74, 6) is 0. The summed E-state index contributed by atoms with van der Waals surface area (Å²) in [6.07, 6.45) is -2.33. The summed E-state index contributed by atoms with van der Waals surface area (Å²) >= 11 is 0. The first-order valence-electron chi connectivity index (χ1n) is 0.612. The van der Waals surface area contributed by atoms with Crippen molar-refractivity contribution in [3.8, 4) is 0 Å². The molecule has 0 amide bonds. The average molecular weight is 220 g/mol. The molecule has 0 heterocycles. The topological polar surface area (TPSA) is 63.2 Å². The van der Waals surface area contributed by atoms with Crippen LogP contribution in [-0.2, 0) is 0 Å². The molecule has 0 unspecified atom stereocenters. The molecule has 0 aromatic carbocycles. The fourth-order valence-corrected chi connectivity index (χ4v) is 0. The molecule has 0 aliphatic heterocycles. The molecule has 0 saturated heterocycles. The van der Waals surface area contributed by atoms with Gasteiger partial charge in [0, 0.05) is 0 Å². The van der Waals surface area contributed by atoms with Crippen molar-refractivity contribution >= 4 is 157 Å². The second kappa shape index (κ2) is 22.5. The van der Waals surface area contributed by atoms with Crippen LogP contribution in [0.5, 0.6) is 0 Å². The molecule has 0 aliphatic carbocycles. The minimum atomic E-state index is -2.33. The van der Waals surface area contributed by atoms with Crippen molar-refractivity contribution in [2.75, 3.05) is 0 Å². The summed E-state index contributed by atoms with van der Waals surface area (Å²) in [7, 11) is 0. The molecule has 0 spiro atoms. The first kappa shape index (κ1) is 29.5. The van der Waals surface area contributed by atoms with Crippen LogP contribution in [0.25, 0.3) is 0 Å². The van der Waals surface area contributed by atoms with Crippen LogP contribution in [-0.4, -0.2) is 157 Å². The molecule has 0 N–H and O–H groups in total. The summed E-state index contributed by atoms with van der Waals surface area (Å²) in [4.78, 5) is 8.33. The van der Waals surface area contributed by atoms with Gasteiger partial charge in [-0.25, -0.2) is 0 Å². The Morgan fingerprint density at radius 1 is 0.875 bits per heavy atom. The van der Waals surface area contributed by atoms with Crippen LogP contribution in [0.2, 0.25) is 0 Å². The molecule has 0 radical (unpaired) electrons. The van der Waals surface area contributed by atoms with Crippen LogP contribution >= 0.6 is 0 Å². The van der Waals surface area contributed by atoms with E-state index < -0.39 is 6.16 Å². The van der Waals surface area contributed by atoms with Gasteiger partial charge in [0.05, 0.1) is 0 Å². The molecule has 0 aliphatic rings. The summed E-state index contributed by atoms with van der Waals surface area (Å²) in [5.41, 5.74) is 0. The Morgan fingerprint density at radius 2 is 0.875 bits per heavy atom. The molecule has 0 fully saturated rings. The van der Waals surface area contributed by atoms with Crippen molar-refractivity contribution in [2.45, 2.75) is 0 Å². The summed E-state index contributed by atoms with van der Waals surface area (Å²) in [6, 6.07) is 0. The Labute approximate surface area is 167 Å².